The number of unbranched alkanes of at least 4 members (excludes halogenated alkanes) is 5. The van der Waals surface area contributed by atoms with Gasteiger partial charge in [0.15, 0.2) is 0 Å². The Morgan fingerprint density at radius 2 is 1.56 bits per heavy atom. The van der Waals surface area contributed by atoms with Crippen molar-refractivity contribution in [3.63, 3.8) is 0 Å². The van der Waals surface area contributed by atoms with Crippen molar-refractivity contribution in [1.29, 1.82) is 0 Å². The molecule has 4 nitrogen and oxygen atoms in total. The predicted octanol–water partition coefficient (Wildman–Crippen LogP) is 3.66. The Morgan fingerprint density at radius 3 is 2.11 bits per heavy atom. The summed E-state index contributed by atoms with van der Waals surface area (Å²) in [6.07, 6.45) is 10.5. The van der Waals surface area contributed by atoms with Crippen molar-refractivity contribution in [2.75, 3.05) is 0 Å². The molecule has 0 amide bonds. The minimum atomic E-state index is -0.724. The van der Waals surface area contributed by atoms with Crippen molar-refractivity contribution < 1.29 is 19.4 Å². The first-order chi connectivity index (χ1) is 8.66. The summed E-state index contributed by atoms with van der Waals surface area (Å²) in [5, 5.41) is 8.45. The fourth-order valence-electron chi connectivity index (χ4n) is 1.53. The van der Waals surface area contributed by atoms with Crippen molar-refractivity contribution in [3.8, 4) is 0 Å². The van der Waals surface area contributed by atoms with E-state index >= 15 is 0 Å². The SMILES string of the molecule is CCC=COC(=O)CCCCCCCCC(=O)O. The van der Waals surface area contributed by atoms with Crippen molar-refractivity contribution in [2.24, 2.45) is 0 Å². The summed E-state index contributed by atoms with van der Waals surface area (Å²) >= 11 is 0. The third-order valence-corrected chi connectivity index (χ3v) is 2.55. The van der Waals surface area contributed by atoms with Crippen LogP contribution in [0.2, 0.25) is 0 Å². The first-order valence-electron chi connectivity index (χ1n) is 6.73. The molecule has 18 heavy (non-hydrogen) atoms. The lowest BCUT2D eigenvalue weighted by molar-refractivity contribution is -0.138. The molecule has 0 spiro atoms. The smallest absolute Gasteiger partial charge is 0.310 e. The maximum atomic E-state index is 11.2. The zero-order valence-corrected chi connectivity index (χ0v) is 11.2. The van der Waals surface area contributed by atoms with Crippen LogP contribution in [0.5, 0.6) is 0 Å². The zero-order chi connectivity index (χ0) is 13.6. The van der Waals surface area contributed by atoms with Crippen LogP contribution in [0.4, 0.5) is 0 Å². The molecule has 4 heteroatoms. The summed E-state index contributed by atoms with van der Waals surface area (Å²) in [6.45, 7) is 1.98. The number of carbonyl (C=O) groups is 2. The molecule has 0 heterocycles. The van der Waals surface area contributed by atoms with E-state index in [0.29, 0.717) is 6.42 Å². The first kappa shape index (κ1) is 16.7. The van der Waals surface area contributed by atoms with Gasteiger partial charge in [-0.3, -0.25) is 9.59 Å². The number of allylic oxidation sites excluding steroid dienone is 1. The van der Waals surface area contributed by atoms with E-state index in [9.17, 15) is 9.59 Å². The molecule has 0 aliphatic heterocycles. The molecular formula is C14H24O4. The van der Waals surface area contributed by atoms with Crippen LogP contribution in [0.25, 0.3) is 0 Å². The molecule has 0 fully saturated rings. The van der Waals surface area contributed by atoms with Crippen LogP contribution in [0.3, 0.4) is 0 Å². The highest BCUT2D eigenvalue weighted by Crippen LogP contribution is 2.09. The minimum absolute atomic E-state index is 0.175. The van der Waals surface area contributed by atoms with E-state index in [1.54, 1.807) is 6.08 Å². The van der Waals surface area contributed by atoms with Crippen LogP contribution in [0.15, 0.2) is 12.3 Å². The lowest BCUT2D eigenvalue weighted by Gasteiger charge is -2.01. The maximum Gasteiger partial charge on any atom is 0.310 e. The molecule has 0 radical (unpaired) electrons. The lowest BCUT2D eigenvalue weighted by atomic mass is 10.1. The molecule has 0 atom stereocenters. The monoisotopic (exact) mass is 256 g/mol. The summed E-state index contributed by atoms with van der Waals surface area (Å²) in [5.74, 6) is -0.900. The number of ether oxygens (including phenoxy) is 1. The van der Waals surface area contributed by atoms with Gasteiger partial charge in [-0.1, -0.05) is 32.6 Å². The molecule has 0 rings (SSSR count). The van der Waals surface area contributed by atoms with Gasteiger partial charge >= 0.3 is 11.9 Å². The summed E-state index contributed by atoms with van der Waals surface area (Å²) in [7, 11) is 0. The number of rotatable bonds is 11. The highest BCUT2D eigenvalue weighted by molar-refractivity contribution is 5.69. The molecule has 0 aliphatic rings. The molecule has 1 N–H and O–H groups in total. The first-order valence-corrected chi connectivity index (χ1v) is 6.73. The molecule has 0 bridgehead atoms. The van der Waals surface area contributed by atoms with E-state index in [2.05, 4.69) is 0 Å². The van der Waals surface area contributed by atoms with Crippen LogP contribution in [-0.2, 0) is 14.3 Å². The van der Waals surface area contributed by atoms with E-state index in [1.165, 1.54) is 6.26 Å². The topological polar surface area (TPSA) is 63.6 Å². The molecule has 104 valence electrons. The molecule has 0 aliphatic carbocycles. The average Bonchev–Trinajstić information content (AvgIpc) is 2.32. The van der Waals surface area contributed by atoms with E-state index in [4.69, 9.17) is 9.84 Å². The Kier molecular flexibility index (Phi) is 11.3. The van der Waals surface area contributed by atoms with E-state index in [-0.39, 0.29) is 12.4 Å². The van der Waals surface area contributed by atoms with Gasteiger partial charge in [-0.2, -0.15) is 0 Å². The summed E-state index contributed by atoms with van der Waals surface area (Å²) in [6, 6.07) is 0. The van der Waals surface area contributed by atoms with E-state index in [1.807, 2.05) is 6.92 Å². The highest BCUT2D eigenvalue weighted by Gasteiger charge is 2.00. The van der Waals surface area contributed by atoms with Crippen LogP contribution < -0.4 is 0 Å². The summed E-state index contributed by atoms with van der Waals surface area (Å²) in [4.78, 5) is 21.4. The van der Waals surface area contributed by atoms with Gasteiger partial charge in [0.1, 0.15) is 0 Å². The Bertz CT molecular complexity index is 259. The molecule has 0 unspecified atom stereocenters. The van der Waals surface area contributed by atoms with Crippen LogP contribution in [0.1, 0.15) is 64.7 Å². The second-order valence-corrected chi connectivity index (χ2v) is 4.28. The Labute approximate surface area is 109 Å². The molecule has 0 saturated carbocycles. The number of hydrogen-bond acceptors (Lipinski definition) is 3. The van der Waals surface area contributed by atoms with Gasteiger partial charge in [0.2, 0.25) is 0 Å². The Hall–Kier alpha value is -1.32. The van der Waals surface area contributed by atoms with Gasteiger partial charge in [0.05, 0.1) is 6.26 Å². The van der Waals surface area contributed by atoms with Crippen molar-refractivity contribution in [2.45, 2.75) is 64.7 Å². The third kappa shape index (κ3) is 12.7. The normalized spacial score (nSPS) is 10.7. The average molecular weight is 256 g/mol. The predicted molar refractivity (Wildman–Crippen MR) is 70.1 cm³/mol. The van der Waals surface area contributed by atoms with Crippen molar-refractivity contribution >= 4 is 11.9 Å². The molecule has 0 aromatic carbocycles. The highest BCUT2D eigenvalue weighted by atomic mass is 16.5. The quantitative estimate of drug-likeness (QED) is 0.348. The van der Waals surface area contributed by atoms with Crippen molar-refractivity contribution in [1.82, 2.24) is 0 Å². The van der Waals surface area contributed by atoms with Gasteiger partial charge < -0.3 is 9.84 Å². The van der Waals surface area contributed by atoms with E-state index < -0.39 is 5.97 Å². The van der Waals surface area contributed by atoms with Gasteiger partial charge in [-0.15, -0.1) is 0 Å². The Balaban J connectivity index is 3.22. The fourth-order valence-corrected chi connectivity index (χ4v) is 1.53. The van der Waals surface area contributed by atoms with Crippen LogP contribution in [-0.4, -0.2) is 17.0 Å². The van der Waals surface area contributed by atoms with Gasteiger partial charge in [-0.05, 0) is 25.3 Å². The number of hydrogen-bond donors (Lipinski definition) is 1. The largest absolute Gasteiger partial charge is 0.481 e. The fraction of sp³-hybridized carbons (Fsp3) is 0.714. The second kappa shape index (κ2) is 12.1. The molecule has 0 aromatic heterocycles. The summed E-state index contributed by atoms with van der Waals surface area (Å²) < 4.78 is 4.87. The van der Waals surface area contributed by atoms with Gasteiger partial charge in [0, 0.05) is 12.8 Å². The number of carbonyl (C=O) groups excluding carboxylic acids is 1. The number of esters is 1. The lowest BCUT2D eigenvalue weighted by Crippen LogP contribution is -1.98. The van der Waals surface area contributed by atoms with Gasteiger partial charge in [0.25, 0.3) is 0 Å². The second-order valence-electron chi connectivity index (χ2n) is 4.28. The van der Waals surface area contributed by atoms with Crippen LogP contribution in [0, 0.1) is 0 Å². The molecule has 0 saturated heterocycles. The van der Waals surface area contributed by atoms with Gasteiger partial charge in [-0.25, -0.2) is 0 Å². The molecular weight excluding hydrogens is 232 g/mol. The zero-order valence-electron chi connectivity index (χ0n) is 11.2. The minimum Gasteiger partial charge on any atom is -0.481 e. The number of carboxylic acids is 1. The summed E-state index contributed by atoms with van der Waals surface area (Å²) in [5.41, 5.74) is 0. The standard InChI is InChI=1S/C14H24O4/c1-2-3-12-18-14(17)11-9-7-5-4-6-8-10-13(15)16/h3,12H,2,4-11H2,1H3,(H,15,16). The number of aliphatic carboxylic acids is 1. The van der Waals surface area contributed by atoms with Crippen LogP contribution >= 0.6 is 0 Å². The van der Waals surface area contributed by atoms with E-state index in [0.717, 1.165) is 44.9 Å². The maximum absolute atomic E-state index is 11.2. The number of carboxylic acid groups (broad SMARTS) is 1. The Morgan fingerprint density at radius 1 is 1.00 bits per heavy atom. The third-order valence-electron chi connectivity index (χ3n) is 2.55. The van der Waals surface area contributed by atoms with Crippen molar-refractivity contribution in [3.05, 3.63) is 12.3 Å². The molecule has 0 aromatic rings.